The van der Waals surface area contributed by atoms with Gasteiger partial charge in [0, 0.05) is 9.81 Å². The first-order chi connectivity index (χ1) is 6.23. The molecule has 72 valence electrons. The van der Waals surface area contributed by atoms with E-state index in [-0.39, 0.29) is 11.7 Å². The maximum absolute atomic E-state index is 5.94. The van der Waals surface area contributed by atoms with E-state index in [2.05, 4.69) is 39.1 Å². The van der Waals surface area contributed by atoms with E-state index in [0.717, 1.165) is 23.0 Å². The lowest BCUT2D eigenvalue weighted by Gasteiger charge is -2.21. The minimum atomic E-state index is 0.0504. The summed E-state index contributed by atoms with van der Waals surface area (Å²) in [4.78, 5) is 0. The van der Waals surface area contributed by atoms with Crippen molar-refractivity contribution < 1.29 is 4.74 Å². The maximum Gasteiger partial charge on any atom is 0.104 e. The summed E-state index contributed by atoms with van der Waals surface area (Å²) in [7, 11) is 0. The van der Waals surface area contributed by atoms with Crippen LogP contribution in [0.5, 0.6) is 0 Å². The smallest absolute Gasteiger partial charge is 0.104 e. The van der Waals surface area contributed by atoms with Crippen LogP contribution in [0.2, 0.25) is 0 Å². The minimum Gasteiger partial charge on any atom is -0.365 e. The van der Waals surface area contributed by atoms with Crippen LogP contribution in [0.25, 0.3) is 0 Å². The lowest BCUT2D eigenvalue weighted by Crippen LogP contribution is -2.24. The Labute approximate surface area is 95.2 Å². The van der Waals surface area contributed by atoms with Crippen LogP contribution in [0.3, 0.4) is 0 Å². The molecule has 2 atom stereocenters. The summed E-state index contributed by atoms with van der Waals surface area (Å²) in [5.41, 5.74) is 1.05. The zero-order valence-electron chi connectivity index (χ0n) is 7.36. The number of hydrogen-bond donors (Lipinski definition) is 0. The molecule has 0 aromatic carbocycles. The van der Waals surface area contributed by atoms with Crippen molar-refractivity contribution in [2.45, 2.75) is 31.5 Å². The van der Waals surface area contributed by atoms with E-state index in [9.17, 15) is 0 Å². The first-order valence-electron chi connectivity index (χ1n) is 4.24. The van der Waals surface area contributed by atoms with Gasteiger partial charge in [-0.25, -0.2) is 0 Å². The SMILES string of the molecule is CC1(CI)CCC(c2csnn2)O1. The lowest BCUT2D eigenvalue weighted by molar-refractivity contribution is -0.0127. The Morgan fingerprint density at radius 3 is 3.23 bits per heavy atom. The van der Waals surface area contributed by atoms with E-state index < -0.39 is 0 Å². The van der Waals surface area contributed by atoms with Gasteiger partial charge in [-0.05, 0) is 31.3 Å². The summed E-state index contributed by atoms with van der Waals surface area (Å²) in [5.74, 6) is 0. The van der Waals surface area contributed by atoms with Crippen molar-refractivity contribution in [2.24, 2.45) is 0 Å². The molecule has 0 N–H and O–H groups in total. The molecule has 2 rings (SSSR count). The van der Waals surface area contributed by atoms with Crippen LogP contribution in [-0.2, 0) is 4.74 Å². The fourth-order valence-electron chi connectivity index (χ4n) is 1.52. The van der Waals surface area contributed by atoms with Crippen LogP contribution in [0.15, 0.2) is 5.38 Å². The van der Waals surface area contributed by atoms with E-state index >= 15 is 0 Å². The van der Waals surface area contributed by atoms with Gasteiger partial charge in [-0.2, -0.15) is 0 Å². The highest BCUT2D eigenvalue weighted by atomic mass is 127. The van der Waals surface area contributed by atoms with Gasteiger partial charge < -0.3 is 4.74 Å². The van der Waals surface area contributed by atoms with Crippen molar-refractivity contribution in [2.75, 3.05) is 4.43 Å². The minimum absolute atomic E-state index is 0.0504. The molecule has 0 bridgehead atoms. The van der Waals surface area contributed by atoms with Crippen LogP contribution in [0, 0.1) is 0 Å². The third-order valence-electron chi connectivity index (χ3n) is 2.35. The number of halogens is 1. The molecule has 3 nitrogen and oxygen atoms in total. The molecule has 0 radical (unpaired) electrons. The Balaban J connectivity index is 2.07. The van der Waals surface area contributed by atoms with Gasteiger partial charge in [-0.15, -0.1) is 5.10 Å². The van der Waals surface area contributed by atoms with Crippen LogP contribution < -0.4 is 0 Å². The fourth-order valence-corrected chi connectivity index (χ4v) is 2.57. The molecule has 0 saturated carbocycles. The van der Waals surface area contributed by atoms with Crippen molar-refractivity contribution in [3.05, 3.63) is 11.1 Å². The average molecular weight is 310 g/mol. The van der Waals surface area contributed by atoms with Gasteiger partial charge in [0.1, 0.15) is 11.8 Å². The molecule has 0 spiro atoms. The first-order valence-corrected chi connectivity index (χ1v) is 6.60. The van der Waals surface area contributed by atoms with E-state index in [1.807, 2.05) is 5.38 Å². The molecular formula is C8H11IN2OS. The van der Waals surface area contributed by atoms with Crippen molar-refractivity contribution in [1.29, 1.82) is 0 Å². The summed E-state index contributed by atoms with van der Waals surface area (Å²) in [6, 6.07) is 0. The van der Waals surface area contributed by atoms with Gasteiger partial charge in [0.25, 0.3) is 0 Å². The van der Waals surface area contributed by atoms with Crippen molar-refractivity contribution in [1.82, 2.24) is 9.59 Å². The highest BCUT2D eigenvalue weighted by Gasteiger charge is 2.36. The van der Waals surface area contributed by atoms with E-state index in [1.165, 1.54) is 11.5 Å². The third kappa shape index (κ3) is 2.02. The zero-order valence-corrected chi connectivity index (χ0v) is 10.3. The molecule has 1 fully saturated rings. The Morgan fingerprint density at radius 2 is 2.69 bits per heavy atom. The van der Waals surface area contributed by atoms with E-state index in [0.29, 0.717) is 0 Å². The lowest BCUT2D eigenvalue weighted by atomic mass is 10.1. The third-order valence-corrected chi connectivity index (χ3v) is 4.49. The van der Waals surface area contributed by atoms with Crippen LogP contribution in [0.1, 0.15) is 31.6 Å². The molecule has 0 aliphatic carbocycles. The molecular weight excluding hydrogens is 299 g/mol. The van der Waals surface area contributed by atoms with Crippen molar-refractivity contribution >= 4 is 34.1 Å². The highest BCUT2D eigenvalue weighted by molar-refractivity contribution is 14.1. The fraction of sp³-hybridized carbons (Fsp3) is 0.750. The monoisotopic (exact) mass is 310 g/mol. The van der Waals surface area contributed by atoms with Gasteiger partial charge >= 0.3 is 0 Å². The quantitative estimate of drug-likeness (QED) is 0.622. The van der Waals surface area contributed by atoms with Gasteiger partial charge in [0.2, 0.25) is 0 Å². The maximum atomic E-state index is 5.94. The number of nitrogens with zero attached hydrogens (tertiary/aromatic N) is 2. The molecule has 2 unspecified atom stereocenters. The zero-order chi connectivity index (χ0) is 9.31. The Hall–Kier alpha value is 0.250. The molecule has 1 saturated heterocycles. The summed E-state index contributed by atoms with van der Waals surface area (Å²) in [6.07, 6.45) is 2.38. The molecule has 1 aromatic rings. The standard InChI is InChI=1S/C8H11IN2OS/c1-8(5-9)3-2-7(12-8)6-4-13-11-10-6/h4,7H,2-3,5H2,1H3. The van der Waals surface area contributed by atoms with Crippen molar-refractivity contribution in [3.8, 4) is 0 Å². The predicted octanol–water partition coefficient (Wildman–Crippen LogP) is 2.58. The molecule has 2 heterocycles. The first kappa shape index (κ1) is 9.79. The van der Waals surface area contributed by atoms with Crippen LogP contribution in [0.4, 0.5) is 0 Å². The molecule has 5 heteroatoms. The molecule has 13 heavy (non-hydrogen) atoms. The summed E-state index contributed by atoms with van der Waals surface area (Å²) < 4.78 is 10.8. The Kier molecular flexibility index (Phi) is 2.85. The number of hydrogen-bond acceptors (Lipinski definition) is 4. The summed E-state index contributed by atoms with van der Waals surface area (Å²) in [6.45, 7) is 2.17. The Bertz CT molecular complexity index is 280. The Morgan fingerprint density at radius 1 is 1.85 bits per heavy atom. The van der Waals surface area contributed by atoms with Crippen LogP contribution >= 0.6 is 34.1 Å². The largest absolute Gasteiger partial charge is 0.365 e. The van der Waals surface area contributed by atoms with E-state index in [4.69, 9.17) is 4.74 Å². The second kappa shape index (κ2) is 3.78. The number of aromatic nitrogens is 2. The number of ether oxygens (including phenoxy) is 1. The topological polar surface area (TPSA) is 35.0 Å². The molecule has 1 aliphatic rings. The van der Waals surface area contributed by atoms with Crippen LogP contribution in [-0.4, -0.2) is 19.6 Å². The second-order valence-corrected chi connectivity index (χ2v) is 4.93. The number of rotatable bonds is 2. The summed E-state index contributed by atoms with van der Waals surface area (Å²) >= 11 is 3.77. The molecule has 1 aliphatic heterocycles. The highest BCUT2D eigenvalue weighted by Crippen LogP contribution is 2.39. The average Bonchev–Trinajstić information content (AvgIpc) is 2.73. The predicted molar refractivity (Wildman–Crippen MR) is 60.3 cm³/mol. The van der Waals surface area contributed by atoms with Gasteiger partial charge in [0.15, 0.2) is 0 Å². The van der Waals surface area contributed by atoms with Gasteiger partial charge in [-0.1, -0.05) is 27.1 Å². The molecule has 1 aromatic heterocycles. The number of alkyl halides is 1. The molecule has 0 amide bonds. The summed E-state index contributed by atoms with van der Waals surface area (Å²) in [5, 5.41) is 6.01. The van der Waals surface area contributed by atoms with Gasteiger partial charge in [-0.3, -0.25) is 0 Å². The normalized spacial score (nSPS) is 33.8. The second-order valence-electron chi connectivity index (χ2n) is 3.56. The van der Waals surface area contributed by atoms with E-state index in [1.54, 1.807) is 0 Å². The van der Waals surface area contributed by atoms with Crippen molar-refractivity contribution in [3.63, 3.8) is 0 Å². The van der Waals surface area contributed by atoms with Gasteiger partial charge in [0.05, 0.1) is 5.60 Å².